The summed E-state index contributed by atoms with van der Waals surface area (Å²) in [6, 6.07) is 0. The number of unbranched alkanes of at least 4 members (excludes halogenated alkanes) is 12. The van der Waals surface area contributed by atoms with Gasteiger partial charge in [0.05, 0.1) is 0 Å². The van der Waals surface area contributed by atoms with E-state index in [4.69, 9.17) is 23.3 Å². The molecule has 0 aliphatic rings. The highest BCUT2D eigenvalue weighted by Crippen LogP contribution is 2.31. The summed E-state index contributed by atoms with van der Waals surface area (Å²) in [5, 5.41) is 0. The van der Waals surface area contributed by atoms with Gasteiger partial charge in [-0.05, 0) is 25.2 Å². The van der Waals surface area contributed by atoms with E-state index in [9.17, 15) is 0 Å². The summed E-state index contributed by atoms with van der Waals surface area (Å²) in [4.78, 5) is 0. The minimum atomic E-state index is -4.67. The van der Waals surface area contributed by atoms with Crippen molar-refractivity contribution in [3.8, 4) is 0 Å². The Hall–Kier alpha value is -0.170. The Morgan fingerprint density at radius 2 is 0.967 bits per heavy atom. The van der Waals surface area contributed by atoms with Gasteiger partial charge in [0.2, 0.25) is 0 Å². The first-order valence-corrected chi connectivity index (χ1v) is 14.0. The Morgan fingerprint density at radius 3 is 1.30 bits per heavy atom. The maximum absolute atomic E-state index is 8.74. The van der Waals surface area contributed by atoms with Gasteiger partial charge in [0.15, 0.2) is 0 Å². The SMILES string of the molecule is CCCCCCCC(C)C(N)(CCCCCCC)CCCCCCC.O=S(=O)(O)O. The molecule has 0 aromatic heterocycles. The largest absolute Gasteiger partial charge is 0.394 e. The highest BCUT2D eigenvalue weighted by molar-refractivity contribution is 7.79. The highest BCUT2D eigenvalue weighted by Gasteiger charge is 2.30. The number of nitrogens with two attached hydrogens (primary N) is 1. The van der Waals surface area contributed by atoms with E-state index in [0.29, 0.717) is 5.92 Å². The molecular weight excluding hydrogens is 398 g/mol. The lowest BCUT2D eigenvalue weighted by atomic mass is 9.75. The Bertz CT molecular complexity index is 432. The summed E-state index contributed by atoms with van der Waals surface area (Å²) < 4.78 is 31.6. The Labute approximate surface area is 188 Å². The van der Waals surface area contributed by atoms with Gasteiger partial charge in [-0.25, -0.2) is 0 Å². The second-order valence-corrected chi connectivity index (χ2v) is 10.0. The Morgan fingerprint density at radius 1 is 0.667 bits per heavy atom. The van der Waals surface area contributed by atoms with Crippen LogP contribution in [-0.2, 0) is 10.4 Å². The molecule has 1 atom stereocenters. The summed E-state index contributed by atoms with van der Waals surface area (Å²) in [6.45, 7) is 9.33. The molecule has 0 fully saturated rings. The third-order valence-corrected chi connectivity index (χ3v) is 6.21. The van der Waals surface area contributed by atoms with E-state index in [-0.39, 0.29) is 5.54 Å². The van der Waals surface area contributed by atoms with E-state index < -0.39 is 10.4 Å². The second kappa shape index (κ2) is 20.7. The minimum Gasteiger partial charge on any atom is -0.325 e. The van der Waals surface area contributed by atoms with Gasteiger partial charge in [-0.3, -0.25) is 9.11 Å². The van der Waals surface area contributed by atoms with Gasteiger partial charge in [-0.15, -0.1) is 0 Å². The van der Waals surface area contributed by atoms with Crippen molar-refractivity contribution in [1.82, 2.24) is 0 Å². The van der Waals surface area contributed by atoms with E-state index in [0.717, 1.165) is 0 Å². The van der Waals surface area contributed by atoms with Gasteiger partial charge in [0.25, 0.3) is 0 Å². The van der Waals surface area contributed by atoms with E-state index >= 15 is 0 Å². The van der Waals surface area contributed by atoms with Crippen molar-refractivity contribution >= 4 is 10.4 Å². The molecule has 0 aromatic rings. The third kappa shape index (κ3) is 24.1. The second-order valence-electron chi connectivity index (χ2n) is 9.11. The van der Waals surface area contributed by atoms with Crippen LogP contribution in [0.3, 0.4) is 0 Å². The summed E-state index contributed by atoms with van der Waals surface area (Å²) >= 11 is 0. The molecule has 0 aromatic carbocycles. The van der Waals surface area contributed by atoms with Crippen molar-refractivity contribution in [2.45, 2.75) is 149 Å². The van der Waals surface area contributed by atoms with Crippen LogP contribution in [0.1, 0.15) is 143 Å². The predicted molar refractivity (Wildman–Crippen MR) is 130 cm³/mol. The molecule has 184 valence electrons. The highest BCUT2D eigenvalue weighted by atomic mass is 32.3. The monoisotopic (exact) mass is 451 g/mol. The molecule has 30 heavy (non-hydrogen) atoms. The third-order valence-electron chi connectivity index (χ3n) is 6.21. The van der Waals surface area contributed by atoms with Crippen molar-refractivity contribution in [1.29, 1.82) is 0 Å². The fourth-order valence-electron chi connectivity index (χ4n) is 4.07. The van der Waals surface area contributed by atoms with Crippen LogP contribution in [0.5, 0.6) is 0 Å². The molecule has 0 rings (SSSR count). The standard InChI is InChI=1S/C24H51N.H2O4S/c1-5-8-11-14-17-20-23(4)24(25,21-18-15-12-9-6-2)22-19-16-13-10-7-3;1-5(2,3)4/h23H,5-22,25H2,1-4H3;(H2,1,2,3,4). The summed E-state index contributed by atoms with van der Waals surface area (Å²) in [7, 11) is -4.67. The van der Waals surface area contributed by atoms with Crippen LogP contribution in [0.4, 0.5) is 0 Å². The predicted octanol–water partition coefficient (Wildman–Crippen LogP) is 7.75. The van der Waals surface area contributed by atoms with Crippen LogP contribution < -0.4 is 5.73 Å². The minimum absolute atomic E-state index is 0.100. The quantitative estimate of drug-likeness (QED) is 0.138. The van der Waals surface area contributed by atoms with E-state index in [2.05, 4.69) is 27.7 Å². The lowest BCUT2D eigenvalue weighted by Gasteiger charge is -2.36. The topological polar surface area (TPSA) is 101 Å². The molecule has 6 heteroatoms. The number of rotatable bonds is 19. The molecule has 0 bridgehead atoms. The van der Waals surface area contributed by atoms with Crippen LogP contribution in [0.15, 0.2) is 0 Å². The van der Waals surface area contributed by atoms with E-state index in [1.54, 1.807) is 0 Å². The van der Waals surface area contributed by atoms with Crippen molar-refractivity contribution in [3.05, 3.63) is 0 Å². The normalized spacial score (nSPS) is 13.0. The molecule has 0 saturated carbocycles. The molecule has 5 nitrogen and oxygen atoms in total. The van der Waals surface area contributed by atoms with Crippen LogP contribution in [0.25, 0.3) is 0 Å². The van der Waals surface area contributed by atoms with Crippen molar-refractivity contribution in [2.24, 2.45) is 11.7 Å². The zero-order valence-electron chi connectivity index (χ0n) is 20.5. The first kappa shape index (κ1) is 32.0. The van der Waals surface area contributed by atoms with Crippen LogP contribution in [-0.4, -0.2) is 23.1 Å². The van der Waals surface area contributed by atoms with Gasteiger partial charge >= 0.3 is 10.4 Å². The van der Waals surface area contributed by atoms with Crippen molar-refractivity contribution in [3.63, 3.8) is 0 Å². The van der Waals surface area contributed by atoms with Gasteiger partial charge in [-0.1, -0.05) is 124 Å². The molecule has 4 N–H and O–H groups in total. The van der Waals surface area contributed by atoms with E-state index in [1.165, 1.54) is 116 Å². The van der Waals surface area contributed by atoms with Gasteiger partial charge < -0.3 is 5.73 Å². The lowest BCUT2D eigenvalue weighted by Crippen LogP contribution is -2.46. The average molecular weight is 452 g/mol. The molecule has 0 amide bonds. The summed E-state index contributed by atoms with van der Waals surface area (Å²) in [6.07, 6.45) is 24.5. The molecule has 0 spiro atoms. The van der Waals surface area contributed by atoms with Crippen molar-refractivity contribution < 1.29 is 17.5 Å². The first-order valence-electron chi connectivity index (χ1n) is 12.6. The molecule has 0 radical (unpaired) electrons. The molecule has 0 heterocycles. The maximum atomic E-state index is 8.74. The zero-order chi connectivity index (χ0) is 23.3. The van der Waals surface area contributed by atoms with Gasteiger partial charge in [-0.2, -0.15) is 8.42 Å². The molecule has 0 aliphatic heterocycles. The fraction of sp³-hybridized carbons (Fsp3) is 1.00. The fourth-order valence-corrected chi connectivity index (χ4v) is 4.07. The van der Waals surface area contributed by atoms with Crippen LogP contribution in [0.2, 0.25) is 0 Å². The summed E-state index contributed by atoms with van der Waals surface area (Å²) in [5.41, 5.74) is 7.11. The summed E-state index contributed by atoms with van der Waals surface area (Å²) in [5.74, 6) is 0.687. The number of hydrogen-bond donors (Lipinski definition) is 3. The van der Waals surface area contributed by atoms with Crippen molar-refractivity contribution in [2.75, 3.05) is 0 Å². The van der Waals surface area contributed by atoms with Crippen LogP contribution >= 0.6 is 0 Å². The average Bonchev–Trinajstić information content (AvgIpc) is 2.66. The van der Waals surface area contributed by atoms with Gasteiger partial charge in [0.1, 0.15) is 0 Å². The lowest BCUT2D eigenvalue weighted by molar-refractivity contribution is 0.220. The molecule has 1 unspecified atom stereocenters. The van der Waals surface area contributed by atoms with Crippen LogP contribution in [0, 0.1) is 5.92 Å². The first-order chi connectivity index (χ1) is 14.1. The molecule has 0 aliphatic carbocycles. The maximum Gasteiger partial charge on any atom is 0.394 e. The molecule has 0 saturated heterocycles. The van der Waals surface area contributed by atoms with E-state index in [1.807, 2.05) is 0 Å². The Kier molecular flexibility index (Phi) is 22.1. The zero-order valence-corrected chi connectivity index (χ0v) is 21.3. The van der Waals surface area contributed by atoms with Gasteiger partial charge in [0, 0.05) is 5.54 Å². The Balaban J connectivity index is 0. The molecular formula is C24H53NO4S. The smallest absolute Gasteiger partial charge is 0.325 e. The number of hydrogen-bond acceptors (Lipinski definition) is 3.